The van der Waals surface area contributed by atoms with Crippen LogP contribution in [0.3, 0.4) is 0 Å². The normalized spacial score (nSPS) is 18.8. The molecule has 6 heteroatoms. The van der Waals surface area contributed by atoms with Gasteiger partial charge in [0, 0.05) is 0 Å². The molecule has 1 aliphatic rings. The summed E-state index contributed by atoms with van der Waals surface area (Å²) in [4.78, 5) is 24.4. The SMILES string of the molecule is CC1(C)NC(=O)CN(c2c(F)cccc2F)C1=O. The van der Waals surface area contributed by atoms with Gasteiger partial charge in [-0.25, -0.2) is 8.78 Å². The summed E-state index contributed by atoms with van der Waals surface area (Å²) >= 11 is 0. The van der Waals surface area contributed by atoms with Crippen LogP contribution in [0, 0.1) is 11.6 Å². The molecular weight excluding hydrogens is 242 g/mol. The number of benzene rings is 1. The lowest BCUT2D eigenvalue weighted by Crippen LogP contribution is -2.64. The first kappa shape index (κ1) is 12.5. The molecule has 0 saturated carbocycles. The van der Waals surface area contributed by atoms with Crippen LogP contribution in [0.1, 0.15) is 13.8 Å². The number of nitrogens with one attached hydrogen (secondary N) is 1. The van der Waals surface area contributed by atoms with Crippen LogP contribution in [0.15, 0.2) is 18.2 Å². The number of rotatable bonds is 1. The van der Waals surface area contributed by atoms with Gasteiger partial charge in [0.2, 0.25) is 5.91 Å². The van der Waals surface area contributed by atoms with Crippen LogP contribution < -0.4 is 10.2 Å². The molecule has 2 amide bonds. The van der Waals surface area contributed by atoms with E-state index < -0.39 is 34.7 Å². The summed E-state index contributed by atoms with van der Waals surface area (Å²) in [6.07, 6.45) is 0. The van der Waals surface area contributed by atoms with Gasteiger partial charge in [0.15, 0.2) is 0 Å². The molecule has 1 aromatic rings. The van der Waals surface area contributed by atoms with E-state index in [2.05, 4.69) is 5.32 Å². The minimum atomic E-state index is -1.18. The van der Waals surface area contributed by atoms with Gasteiger partial charge in [-0.1, -0.05) is 6.07 Å². The highest BCUT2D eigenvalue weighted by molar-refractivity contribution is 6.08. The standard InChI is InChI=1S/C12H12F2N2O2/c1-12(2)11(18)16(6-9(17)15-12)10-7(13)4-3-5-8(10)14/h3-5H,6H2,1-2H3,(H,15,17). The Labute approximate surface area is 103 Å². The molecule has 1 fully saturated rings. The Balaban J connectivity index is 2.50. The van der Waals surface area contributed by atoms with E-state index in [4.69, 9.17) is 0 Å². The predicted molar refractivity (Wildman–Crippen MR) is 60.9 cm³/mol. The molecule has 0 aromatic heterocycles. The molecule has 0 radical (unpaired) electrons. The van der Waals surface area contributed by atoms with Gasteiger partial charge in [-0.3, -0.25) is 14.5 Å². The second-order valence-electron chi connectivity index (χ2n) is 4.63. The number of amides is 2. The number of nitrogens with zero attached hydrogens (tertiary/aromatic N) is 1. The lowest BCUT2D eigenvalue weighted by Gasteiger charge is -2.37. The third-order valence-corrected chi connectivity index (χ3v) is 2.74. The minimum absolute atomic E-state index is 0.389. The van der Waals surface area contributed by atoms with E-state index in [-0.39, 0.29) is 6.54 Å². The minimum Gasteiger partial charge on any atom is -0.341 e. The molecule has 1 aliphatic heterocycles. The monoisotopic (exact) mass is 254 g/mol. The van der Waals surface area contributed by atoms with Crippen molar-refractivity contribution in [2.45, 2.75) is 19.4 Å². The summed E-state index contributed by atoms with van der Waals surface area (Å²) in [6.45, 7) is 2.58. The van der Waals surface area contributed by atoms with Crippen molar-refractivity contribution in [3.05, 3.63) is 29.8 Å². The molecule has 1 saturated heterocycles. The Kier molecular flexibility index (Phi) is 2.80. The van der Waals surface area contributed by atoms with Crippen molar-refractivity contribution in [2.75, 3.05) is 11.4 Å². The number of anilines is 1. The second kappa shape index (κ2) is 4.04. The van der Waals surface area contributed by atoms with Gasteiger partial charge in [-0.15, -0.1) is 0 Å². The molecular formula is C12H12F2N2O2. The van der Waals surface area contributed by atoms with Crippen LogP contribution in [0.2, 0.25) is 0 Å². The van der Waals surface area contributed by atoms with Crippen LogP contribution in [0.25, 0.3) is 0 Å². The fraction of sp³-hybridized carbons (Fsp3) is 0.333. The van der Waals surface area contributed by atoms with Gasteiger partial charge in [0.05, 0.1) is 0 Å². The molecule has 0 unspecified atom stereocenters. The zero-order chi connectivity index (χ0) is 13.5. The van der Waals surface area contributed by atoms with Gasteiger partial charge in [-0.2, -0.15) is 0 Å². The molecule has 0 spiro atoms. The molecule has 96 valence electrons. The molecule has 1 N–H and O–H groups in total. The molecule has 0 atom stereocenters. The summed E-state index contributed by atoms with van der Waals surface area (Å²) in [6, 6.07) is 3.30. The van der Waals surface area contributed by atoms with Crippen molar-refractivity contribution in [1.82, 2.24) is 5.32 Å². The summed E-state index contributed by atoms with van der Waals surface area (Å²) in [5.41, 5.74) is -1.66. The van der Waals surface area contributed by atoms with E-state index >= 15 is 0 Å². The van der Waals surface area contributed by atoms with E-state index in [0.717, 1.165) is 17.0 Å². The molecule has 4 nitrogen and oxygen atoms in total. The Morgan fingerprint density at radius 1 is 1.22 bits per heavy atom. The first-order valence-electron chi connectivity index (χ1n) is 5.40. The Hall–Kier alpha value is -1.98. The van der Waals surface area contributed by atoms with Crippen molar-refractivity contribution < 1.29 is 18.4 Å². The maximum Gasteiger partial charge on any atom is 0.252 e. The fourth-order valence-electron chi connectivity index (χ4n) is 1.92. The third-order valence-electron chi connectivity index (χ3n) is 2.74. The number of hydrogen-bond donors (Lipinski definition) is 1. The van der Waals surface area contributed by atoms with Crippen LogP contribution >= 0.6 is 0 Å². The van der Waals surface area contributed by atoms with Crippen molar-refractivity contribution in [3.63, 3.8) is 0 Å². The molecule has 1 aromatic carbocycles. The number of carbonyl (C=O) groups is 2. The van der Waals surface area contributed by atoms with Gasteiger partial charge in [-0.05, 0) is 26.0 Å². The largest absolute Gasteiger partial charge is 0.341 e. The first-order chi connectivity index (χ1) is 8.33. The Morgan fingerprint density at radius 2 is 1.78 bits per heavy atom. The number of hydrogen-bond acceptors (Lipinski definition) is 2. The lowest BCUT2D eigenvalue weighted by molar-refractivity contribution is -0.134. The van der Waals surface area contributed by atoms with E-state index in [1.165, 1.54) is 19.9 Å². The molecule has 0 bridgehead atoms. The number of halogens is 2. The highest BCUT2D eigenvalue weighted by Gasteiger charge is 2.41. The maximum atomic E-state index is 13.6. The zero-order valence-electron chi connectivity index (χ0n) is 9.96. The second-order valence-corrected chi connectivity index (χ2v) is 4.63. The van der Waals surface area contributed by atoms with Crippen LogP contribution in [-0.2, 0) is 9.59 Å². The van der Waals surface area contributed by atoms with Crippen molar-refractivity contribution in [2.24, 2.45) is 0 Å². The Morgan fingerprint density at radius 3 is 2.33 bits per heavy atom. The van der Waals surface area contributed by atoms with Gasteiger partial charge < -0.3 is 5.32 Å². The smallest absolute Gasteiger partial charge is 0.252 e. The zero-order valence-corrected chi connectivity index (χ0v) is 9.96. The first-order valence-corrected chi connectivity index (χ1v) is 5.40. The molecule has 18 heavy (non-hydrogen) atoms. The number of piperazine rings is 1. The summed E-state index contributed by atoms with van der Waals surface area (Å²) in [5.74, 6) is -2.74. The molecule has 2 rings (SSSR count). The quantitative estimate of drug-likeness (QED) is 0.818. The van der Waals surface area contributed by atoms with Crippen molar-refractivity contribution in [1.29, 1.82) is 0 Å². The van der Waals surface area contributed by atoms with E-state index in [1.807, 2.05) is 0 Å². The average molecular weight is 254 g/mol. The predicted octanol–water partition coefficient (Wildman–Crippen LogP) is 1.21. The summed E-state index contributed by atoms with van der Waals surface area (Å²) < 4.78 is 27.2. The average Bonchev–Trinajstić information content (AvgIpc) is 2.24. The number of carbonyl (C=O) groups excluding carboxylic acids is 2. The highest BCUT2D eigenvalue weighted by Crippen LogP contribution is 2.27. The highest BCUT2D eigenvalue weighted by atomic mass is 19.1. The van der Waals surface area contributed by atoms with Gasteiger partial charge in [0.25, 0.3) is 5.91 Å². The van der Waals surface area contributed by atoms with Crippen LogP contribution in [0.5, 0.6) is 0 Å². The van der Waals surface area contributed by atoms with Crippen molar-refractivity contribution in [3.8, 4) is 0 Å². The van der Waals surface area contributed by atoms with E-state index in [9.17, 15) is 18.4 Å². The van der Waals surface area contributed by atoms with Crippen LogP contribution in [-0.4, -0.2) is 23.9 Å². The van der Waals surface area contributed by atoms with Gasteiger partial charge in [0.1, 0.15) is 29.4 Å². The molecule has 1 heterocycles. The van der Waals surface area contributed by atoms with Crippen LogP contribution in [0.4, 0.5) is 14.5 Å². The van der Waals surface area contributed by atoms with Gasteiger partial charge >= 0.3 is 0 Å². The van der Waals surface area contributed by atoms with E-state index in [1.54, 1.807) is 0 Å². The third kappa shape index (κ3) is 1.94. The Bertz CT molecular complexity index is 509. The summed E-state index contributed by atoms with van der Waals surface area (Å²) in [5, 5.41) is 2.47. The lowest BCUT2D eigenvalue weighted by atomic mass is 10.00. The molecule has 0 aliphatic carbocycles. The fourth-order valence-corrected chi connectivity index (χ4v) is 1.92. The van der Waals surface area contributed by atoms with E-state index in [0.29, 0.717) is 0 Å². The number of para-hydroxylation sites is 1. The maximum absolute atomic E-state index is 13.6. The summed E-state index contributed by atoms with van der Waals surface area (Å²) in [7, 11) is 0. The van der Waals surface area contributed by atoms with Crippen molar-refractivity contribution >= 4 is 17.5 Å². The topological polar surface area (TPSA) is 49.4 Å².